The molecule has 0 unspecified atom stereocenters. The van der Waals surface area contributed by atoms with Crippen molar-refractivity contribution in [3.05, 3.63) is 29.3 Å². The second-order valence-electron chi connectivity index (χ2n) is 6.26. The van der Waals surface area contributed by atoms with Crippen LogP contribution in [0.4, 0.5) is 0 Å². The summed E-state index contributed by atoms with van der Waals surface area (Å²) in [6.07, 6.45) is 9.98. The van der Waals surface area contributed by atoms with Gasteiger partial charge in [0.15, 0.2) is 10.6 Å². The number of nitrogens with zero attached hydrogens (tertiary/aromatic N) is 5. The van der Waals surface area contributed by atoms with Crippen LogP contribution in [0.2, 0.25) is 0 Å². The fourth-order valence-electron chi connectivity index (χ4n) is 3.16. The van der Waals surface area contributed by atoms with Gasteiger partial charge in [-0.2, -0.15) is 5.10 Å². The van der Waals surface area contributed by atoms with Crippen molar-refractivity contribution in [2.45, 2.75) is 44.8 Å². The predicted molar refractivity (Wildman–Crippen MR) is 88.0 cm³/mol. The number of hydrogen-bond acceptors (Lipinski definition) is 4. The van der Waals surface area contributed by atoms with Crippen LogP contribution in [0.25, 0.3) is 11.4 Å². The normalized spacial score (nSPS) is 19.5. The highest BCUT2D eigenvalue weighted by molar-refractivity contribution is 7.71. The molecular weight excluding hydrogens is 294 g/mol. The van der Waals surface area contributed by atoms with E-state index in [2.05, 4.69) is 14.5 Å². The Morgan fingerprint density at radius 2 is 1.82 bits per heavy atom. The van der Waals surface area contributed by atoms with Crippen molar-refractivity contribution in [1.29, 1.82) is 0 Å². The van der Waals surface area contributed by atoms with E-state index in [4.69, 9.17) is 17.3 Å². The van der Waals surface area contributed by atoms with Crippen LogP contribution in [-0.2, 0) is 6.67 Å². The number of rotatable bonds is 4. The monoisotopic (exact) mass is 315 g/mol. The van der Waals surface area contributed by atoms with Crippen LogP contribution in [0, 0.1) is 4.77 Å². The topological polar surface area (TPSA) is 38.9 Å². The molecule has 1 aliphatic carbocycles. The van der Waals surface area contributed by atoms with Gasteiger partial charge in [0.1, 0.15) is 0 Å². The molecule has 1 saturated heterocycles. The van der Waals surface area contributed by atoms with Crippen LogP contribution in [-0.4, -0.2) is 37.3 Å². The molecule has 1 saturated carbocycles. The van der Waals surface area contributed by atoms with E-state index in [1.165, 1.54) is 32.1 Å². The number of hydrogen-bond donors (Lipinski definition) is 0. The van der Waals surface area contributed by atoms with Gasteiger partial charge in [0.05, 0.1) is 6.67 Å². The molecule has 4 rings (SSSR count). The maximum absolute atomic E-state index is 5.72. The van der Waals surface area contributed by atoms with E-state index in [0.29, 0.717) is 6.04 Å². The average Bonchev–Trinajstić information content (AvgIpc) is 3.35. The Morgan fingerprint density at radius 3 is 2.50 bits per heavy atom. The van der Waals surface area contributed by atoms with Crippen molar-refractivity contribution in [3.8, 4) is 11.4 Å². The van der Waals surface area contributed by atoms with Gasteiger partial charge in [-0.15, -0.1) is 0 Å². The molecule has 5 nitrogen and oxygen atoms in total. The minimum Gasteiger partial charge on any atom is -0.297 e. The summed E-state index contributed by atoms with van der Waals surface area (Å²) in [7, 11) is 0. The fourth-order valence-corrected chi connectivity index (χ4v) is 3.50. The van der Waals surface area contributed by atoms with E-state index < -0.39 is 0 Å². The van der Waals surface area contributed by atoms with Crippen molar-refractivity contribution in [1.82, 2.24) is 24.2 Å². The predicted octanol–water partition coefficient (Wildman–Crippen LogP) is 3.25. The van der Waals surface area contributed by atoms with E-state index in [0.717, 1.165) is 35.9 Å². The zero-order chi connectivity index (χ0) is 14.9. The third-order valence-corrected chi connectivity index (χ3v) is 4.91. The van der Waals surface area contributed by atoms with Crippen LogP contribution in [0.15, 0.2) is 24.5 Å². The Morgan fingerprint density at radius 1 is 1.09 bits per heavy atom. The minimum absolute atomic E-state index is 0.533. The van der Waals surface area contributed by atoms with E-state index in [1.807, 2.05) is 29.2 Å². The van der Waals surface area contributed by atoms with Crippen LogP contribution < -0.4 is 0 Å². The first-order valence-electron chi connectivity index (χ1n) is 8.15. The molecule has 0 atom stereocenters. The summed E-state index contributed by atoms with van der Waals surface area (Å²) < 4.78 is 5.11. The third-order valence-electron chi connectivity index (χ3n) is 4.50. The summed E-state index contributed by atoms with van der Waals surface area (Å²) in [6.45, 7) is 3.13. The second-order valence-corrected chi connectivity index (χ2v) is 6.63. The molecule has 116 valence electrons. The van der Waals surface area contributed by atoms with Crippen molar-refractivity contribution >= 4 is 12.2 Å². The molecule has 0 N–H and O–H groups in total. The molecule has 2 aromatic rings. The number of pyridine rings is 1. The van der Waals surface area contributed by atoms with Crippen molar-refractivity contribution in [3.63, 3.8) is 0 Å². The van der Waals surface area contributed by atoms with Gasteiger partial charge in [-0.05, 0) is 63.1 Å². The molecule has 0 bridgehead atoms. The summed E-state index contributed by atoms with van der Waals surface area (Å²) in [5, 5.41) is 4.84. The Kier molecular flexibility index (Phi) is 3.80. The lowest BCUT2D eigenvalue weighted by Gasteiger charge is -2.25. The van der Waals surface area contributed by atoms with Crippen LogP contribution in [0.3, 0.4) is 0 Å². The largest absolute Gasteiger partial charge is 0.297 e. The Hall–Kier alpha value is -1.53. The first-order valence-corrected chi connectivity index (χ1v) is 8.56. The standard InChI is InChI=1S/C16H21N5S/c22-16-20(12-19-10-2-1-3-11-19)18-15(21(16)14-4-5-14)13-6-8-17-9-7-13/h6-9,14H,1-5,10-12H2. The molecule has 0 radical (unpaired) electrons. The molecule has 3 heterocycles. The maximum Gasteiger partial charge on any atom is 0.199 e. The van der Waals surface area contributed by atoms with Crippen molar-refractivity contribution in [2.24, 2.45) is 0 Å². The van der Waals surface area contributed by atoms with Crippen molar-refractivity contribution in [2.75, 3.05) is 13.1 Å². The van der Waals surface area contributed by atoms with Gasteiger partial charge in [-0.3, -0.25) is 14.5 Å². The summed E-state index contributed by atoms with van der Waals surface area (Å²) >= 11 is 5.72. The summed E-state index contributed by atoms with van der Waals surface area (Å²) in [4.78, 5) is 6.56. The van der Waals surface area contributed by atoms with E-state index in [1.54, 1.807) is 0 Å². The fraction of sp³-hybridized carbons (Fsp3) is 0.562. The summed E-state index contributed by atoms with van der Waals surface area (Å²) in [6, 6.07) is 4.56. The van der Waals surface area contributed by atoms with Gasteiger partial charge < -0.3 is 0 Å². The van der Waals surface area contributed by atoms with Gasteiger partial charge in [0.2, 0.25) is 0 Å². The van der Waals surface area contributed by atoms with Gasteiger partial charge in [-0.1, -0.05) is 6.42 Å². The average molecular weight is 315 g/mol. The molecule has 1 aliphatic heterocycles. The summed E-state index contributed by atoms with van der Waals surface area (Å²) in [5.41, 5.74) is 1.10. The van der Waals surface area contributed by atoms with E-state index in [-0.39, 0.29) is 0 Å². The van der Waals surface area contributed by atoms with Crippen molar-refractivity contribution < 1.29 is 0 Å². The first kappa shape index (κ1) is 14.1. The summed E-state index contributed by atoms with van der Waals surface area (Å²) in [5.74, 6) is 0.993. The lowest BCUT2D eigenvalue weighted by molar-refractivity contribution is 0.172. The molecule has 2 fully saturated rings. The minimum atomic E-state index is 0.533. The Labute approximate surface area is 135 Å². The number of aromatic nitrogens is 4. The van der Waals surface area contributed by atoms with Gasteiger partial charge in [0.25, 0.3) is 0 Å². The van der Waals surface area contributed by atoms with Crippen LogP contribution in [0.1, 0.15) is 38.1 Å². The molecule has 0 amide bonds. The quantitative estimate of drug-likeness (QED) is 0.812. The molecule has 2 aromatic heterocycles. The highest BCUT2D eigenvalue weighted by atomic mass is 32.1. The highest BCUT2D eigenvalue weighted by Crippen LogP contribution is 2.38. The lowest BCUT2D eigenvalue weighted by atomic mass is 10.1. The number of piperidine rings is 1. The SMILES string of the molecule is S=c1n(CN2CCCCC2)nc(-c2ccncc2)n1C1CC1. The van der Waals surface area contributed by atoms with Gasteiger partial charge in [0, 0.05) is 24.0 Å². The molecular formula is C16H21N5S. The maximum atomic E-state index is 5.72. The van der Waals surface area contributed by atoms with Gasteiger partial charge >= 0.3 is 0 Å². The smallest absolute Gasteiger partial charge is 0.199 e. The molecule has 22 heavy (non-hydrogen) atoms. The van der Waals surface area contributed by atoms with Crippen LogP contribution >= 0.6 is 12.2 Å². The van der Waals surface area contributed by atoms with E-state index in [9.17, 15) is 0 Å². The van der Waals surface area contributed by atoms with E-state index >= 15 is 0 Å². The Balaban J connectivity index is 1.69. The second kappa shape index (κ2) is 5.93. The molecule has 0 aromatic carbocycles. The Bertz CT molecular complexity index is 695. The van der Waals surface area contributed by atoms with Crippen LogP contribution in [0.5, 0.6) is 0 Å². The lowest BCUT2D eigenvalue weighted by Crippen LogP contribution is -2.32. The zero-order valence-electron chi connectivity index (χ0n) is 12.7. The highest BCUT2D eigenvalue weighted by Gasteiger charge is 2.29. The van der Waals surface area contributed by atoms with Gasteiger partial charge in [-0.25, -0.2) is 4.68 Å². The zero-order valence-corrected chi connectivity index (χ0v) is 13.5. The molecule has 6 heteroatoms. The molecule has 0 spiro atoms. The molecule has 2 aliphatic rings. The first-order chi connectivity index (χ1) is 10.8. The number of likely N-dealkylation sites (tertiary alicyclic amines) is 1. The third kappa shape index (κ3) is 2.73.